The topological polar surface area (TPSA) is 180 Å². The molecular formula is C26H28O14. The fourth-order valence-electron chi connectivity index (χ4n) is 4.03. The van der Waals surface area contributed by atoms with Gasteiger partial charge in [-0.1, -0.05) is 0 Å². The molecule has 216 valence electrons. The summed E-state index contributed by atoms with van der Waals surface area (Å²) in [5, 5.41) is 0.167. The van der Waals surface area contributed by atoms with Crippen molar-refractivity contribution in [3.63, 3.8) is 0 Å². The zero-order chi connectivity index (χ0) is 29.6. The van der Waals surface area contributed by atoms with Gasteiger partial charge in [0, 0.05) is 33.8 Å². The summed E-state index contributed by atoms with van der Waals surface area (Å²) in [6.07, 6.45) is -6.57. The molecule has 3 rings (SSSR count). The lowest BCUT2D eigenvalue weighted by molar-refractivity contribution is -0.288. The first-order valence-corrected chi connectivity index (χ1v) is 12.1. The van der Waals surface area contributed by atoms with E-state index in [0.29, 0.717) is 6.29 Å². The van der Waals surface area contributed by atoms with E-state index in [1.54, 1.807) is 6.92 Å². The quantitative estimate of drug-likeness (QED) is 0.232. The molecule has 0 aliphatic carbocycles. The van der Waals surface area contributed by atoms with Gasteiger partial charge in [0.15, 0.2) is 18.5 Å². The average Bonchev–Trinajstić information content (AvgIpc) is 3.32. The highest BCUT2D eigenvalue weighted by molar-refractivity contribution is 6.01. The number of hydrogen-bond donors (Lipinski definition) is 0. The Bertz CT molecular complexity index is 1290. The van der Waals surface area contributed by atoms with Gasteiger partial charge in [-0.05, 0) is 19.1 Å². The van der Waals surface area contributed by atoms with E-state index in [0.717, 1.165) is 27.7 Å². The van der Waals surface area contributed by atoms with E-state index in [9.17, 15) is 28.8 Å². The van der Waals surface area contributed by atoms with Crippen molar-refractivity contribution in [3.8, 4) is 5.75 Å². The Labute approximate surface area is 227 Å². The first kappa shape index (κ1) is 30.1. The van der Waals surface area contributed by atoms with E-state index < -0.39 is 67.2 Å². The van der Waals surface area contributed by atoms with Gasteiger partial charge < -0.3 is 37.6 Å². The van der Waals surface area contributed by atoms with E-state index in [1.165, 1.54) is 18.2 Å². The van der Waals surface area contributed by atoms with Crippen LogP contribution in [0.3, 0.4) is 0 Å². The van der Waals surface area contributed by atoms with E-state index in [1.807, 2.05) is 0 Å². The van der Waals surface area contributed by atoms with Gasteiger partial charge in [-0.3, -0.25) is 24.0 Å². The number of carbonyl (C=O) groups excluding carboxylic acids is 6. The highest BCUT2D eigenvalue weighted by Gasteiger charge is 2.53. The number of benzene rings is 1. The Hall–Kier alpha value is -4.46. The number of furan rings is 1. The first-order chi connectivity index (χ1) is 18.9. The third-order valence-electron chi connectivity index (χ3n) is 5.47. The Morgan fingerprint density at radius 2 is 1.48 bits per heavy atom. The molecule has 0 saturated carbocycles. The summed E-state index contributed by atoms with van der Waals surface area (Å²) in [6.45, 7) is 5.66. The molecule has 0 unspecified atom stereocenters. The molecule has 2 heterocycles. The fraction of sp³-hybridized carbons (Fsp3) is 0.462. The number of ether oxygens (including phenoxy) is 7. The molecular weight excluding hydrogens is 536 g/mol. The number of rotatable bonds is 10. The molecule has 1 aliphatic rings. The van der Waals surface area contributed by atoms with Crippen LogP contribution in [0.4, 0.5) is 0 Å². The number of aldehydes is 1. The summed E-state index contributed by atoms with van der Waals surface area (Å²) in [6, 6.07) is 4.03. The second-order valence-electron chi connectivity index (χ2n) is 8.53. The van der Waals surface area contributed by atoms with Crippen LogP contribution in [0.5, 0.6) is 5.75 Å². The molecule has 0 spiro atoms. The van der Waals surface area contributed by atoms with Gasteiger partial charge in [0.25, 0.3) is 0 Å². The minimum absolute atomic E-state index is 0.00110. The molecule has 14 nitrogen and oxygen atoms in total. The van der Waals surface area contributed by atoms with Crippen LogP contribution < -0.4 is 4.74 Å². The van der Waals surface area contributed by atoms with Crippen LogP contribution >= 0.6 is 0 Å². The summed E-state index contributed by atoms with van der Waals surface area (Å²) in [5.41, 5.74) is 0.0978. The minimum Gasteiger partial charge on any atom is -0.463 e. The molecule has 14 heteroatoms. The summed E-state index contributed by atoms with van der Waals surface area (Å²) in [7, 11) is 0. The van der Waals surface area contributed by atoms with E-state index in [-0.39, 0.29) is 34.6 Å². The van der Waals surface area contributed by atoms with Crippen molar-refractivity contribution >= 4 is 47.1 Å². The Kier molecular flexibility index (Phi) is 9.82. The fourth-order valence-corrected chi connectivity index (χ4v) is 4.03. The maximum Gasteiger partial charge on any atom is 0.374 e. The lowest BCUT2D eigenvalue weighted by Crippen LogP contribution is -2.63. The summed E-state index contributed by atoms with van der Waals surface area (Å²) >= 11 is 0. The molecule has 5 atom stereocenters. The van der Waals surface area contributed by atoms with Gasteiger partial charge in [0.05, 0.1) is 17.6 Å². The minimum atomic E-state index is -1.54. The molecule has 1 aromatic carbocycles. The Morgan fingerprint density at radius 3 is 2.05 bits per heavy atom. The highest BCUT2D eigenvalue weighted by atomic mass is 16.7. The van der Waals surface area contributed by atoms with Gasteiger partial charge in [-0.15, -0.1) is 0 Å². The first-order valence-electron chi connectivity index (χ1n) is 12.1. The predicted octanol–water partition coefficient (Wildman–Crippen LogP) is 1.88. The van der Waals surface area contributed by atoms with Gasteiger partial charge in [-0.2, -0.15) is 0 Å². The van der Waals surface area contributed by atoms with Crippen molar-refractivity contribution in [3.05, 3.63) is 29.5 Å². The SMILES string of the molecule is CCOC(=O)c1cc2c(O[C@@H]3O[C@H](COC(C)=O)[C@H](OC(C)=O)[C@H](OC(C)=O)[C@H]3OC(C)=O)ccc(C=O)c2o1. The molecule has 0 N–H and O–H groups in total. The van der Waals surface area contributed by atoms with E-state index in [4.69, 9.17) is 37.6 Å². The lowest BCUT2D eigenvalue weighted by atomic mass is 9.98. The molecule has 1 saturated heterocycles. The average molecular weight is 564 g/mol. The highest BCUT2D eigenvalue weighted by Crippen LogP contribution is 2.36. The van der Waals surface area contributed by atoms with Crippen molar-refractivity contribution in [1.29, 1.82) is 0 Å². The van der Waals surface area contributed by atoms with Crippen molar-refractivity contribution in [2.75, 3.05) is 13.2 Å². The van der Waals surface area contributed by atoms with E-state index >= 15 is 0 Å². The summed E-state index contributed by atoms with van der Waals surface area (Å²) < 4.78 is 43.6. The van der Waals surface area contributed by atoms with Crippen LogP contribution in [-0.4, -0.2) is 80.1 Å². The maximum absolute atomic E-state index is 12.3. The summed E-state index contributed by atoms with van der Waals surface area (Å²) in [4.78, 5) is 71.4. The normalized spacial score (nSPS) is 22.1. The third kappa shape index (κ3) is 7.14. The van der Waals surface area contributed by atoms with Crippen molar-refractivity contribution in [2.24, 2.45) is 0 Å². The number of hydrogen-bond acceptors (Lipinski definition) is 14. The lowest BCUT2D eigenvalue weighted by Gasteiger charge is -2.43. The Morgan fingerprint density at radius 1 is 0.850 bits per heavy atom. The molecule has 2 aromatic rings. The van der Waals surface area contributed by atoms with E-state index in [2.05, 4.69) is 0 Å². The molecule has 1 fully saturated rings. The second kappa shape index (κ2) is 13.1. The molecule has 0 amide bonds. The maximum atomic E-state index is 12.3. The third-order valence-corrected chi connectivity index (χ3v) is 5.47. The predicted molar refractivity (Wildman–Crippen MR) is 130 cm³/mol. The Balaban J connectivity index is 2.10. The molecule has 40 heavy (non-hydrogen) atoms. The number of carbonyl (C=O) groups is 6. The summed E-state index contributed by atoms with van der Waals surface area (Å²) in [5.74, 6) is -4.06. The van der Waals surface area contributed by atoms with Gasteiger partial charge in [0.1, 0.15) is 24.0 Å². The zero-order valence-corrected chi connectivity index (χ0v) is 22.3. The number of fused-ring (bicyclic) bond motifs is 1. The number of esters is 5. The molecule has 1 aromatic heterocycles. The zero-order valence-electron chi connectivity index (χ0n) is 22.3. The monoisotopic (exact) mass is 564 g/mol. The molecule has 0 bridgehead atoms. The van der Waals surface area contributed by atoms with Crippen LogP contribution in [0.2, 0.25) is 0 Å². The van der Waals surface area contributed by atoms with Gasteiger partial charge in [-0.25, -0.2) is 4.79 Å². The standard InChI is InChI=1S/C26H28O14/c1-6-33-25(32)19-9-17-18(8-7-16(10-27)21(17)38-19)39-26-24(37-15(5)31)23(36-14(4)30)22(35-13(3)29)20(40-26)11-34-12(2)28/h7-10,20,22-24,26H,6,11H2,1-5H3/t20-,22+,23+,24-,26-/m1/s1. The van der Waals surface area contributed by atoms with Gasteiger partial charge >= 0.3 is 29.8 Å². The molecule has 1 aliphatic heterocycles. The van der Waals surface area contributed by atoms with Crippen molar-refractivity contribution in [2.45, 2.75) is 65.3 Å². The van der Waals surface area contributed by atoms with Crippen LogP contribution in [0.25, 0.3) is 11.0 Å². The van der Waals surface area contributed by atoms with Crippen LogP contribution in [0.1, 0.15) is 55.5 Å². The largest absolute Gasteiger partial charge is 0.463 e. The van der Waals surface area contributed by atoms with Crippen molar-refractivity contribution < 1.29 is 66.3 Å². The molecule has 0 radical (unpaired) electrons. The van der Waals surface area contributed by atoms with Crippen molar-refractivity contribution in [1.82, 2.24) is 0 Å². The second-order valence-corrected chi connectivity index (χ2v) is 8.53. The smallest absolute Gasteiger partial charge is 0.374 e. The van der Waals surface area contributed by atoms with Crippen LogP contribution in [0.15, 0.2) is 22.6 Å². The van der Waals surface area contributed by atoms with Crippen LogP contribution in [-0.2, 0) is 47.6 Å². The van der Waals surface area contributed by atoms with Gasteiger partial charge in [0.2, 0.25) is 18.2 Å². The van der Waals surface area contributed by atoms with Crippen LogP contribution in [0, 0.1) is 0 Å².